The van der Waals surface area contributed by atoms with E-state index in [4.69, 9.17) is 4.74 Å². The predicted octanol–water partition coefficient (Wildman–Crippen LogP) is 2.14. The first kappa shape index (κ1) is 15.0. The van der Waals surface area contributed by atoms with Crippen LogP contribution in [0.25, 0.3) is 0 Å². The molecule has 0 aromatic carbocycles. The molecule has 1 aromatic rings. The van der Waals surface area contributed by atoms with Gasteiger partial charge in [-0.3, -0.25) is 4.79 Å². The number of carbonyl (C=O) groups is 1. The third-order valence-corrected chi connectivity index (χ3v) is 5.70. The molecule has 1 unspecified atom stereocenters. The summed E-state index contributed by atoms with van der Waals surface area (Å²) >= 11 is 1.70. The summed E-state index contributed by atoms with van der Waals surface area (Å²) in [4.78, 5) is 13.8. The summed E-state index contributed by atoms with van der Waals surface area (Å²) in [7, 11) is 0. The van der Waals surface area contributed by atoms with Crippen LogP contribution in [0.15, 0.2) is 5.38 Å². The zero-order valence-corrected chi connectivity index (χ0v) is 13.3. The maximum Gasteiger partial charge on any atom is 0.252 e. The highest BCUT2D eigenvalue weighted by atomic mass is 32.1. The molecular weight excluding hydrogens is 286 g/mol. The largest absolute Gasteiger partial charge is 0.388 e. The van der Waals surface area contributed by atoms with E-state index in [1.807, 2.05) is 5.38 Å². The molecule has 4 nitrogen and oxygen atoms in total. The molecule has 1 aliphatic carbocycles. The van der Waals surface area contributed by atoms with Gasteiger partial charge in [-0.2, -0.15) is 0 Å². The number of ether oxygens (including phenoxy) is 1. The number of rotatable bonds is 3. The molecule has 21 heavy (non-hydrogen) atoms. The second-order valence-corrected chi connectivity index (χ2v) is 7.38. The molecule has 0 bridgehead atoms. The fourth-order valence-corrected chi connectivity index (χ4v) is 4.38. The Labute approximate surface area is 129 Å². The van der Waals surface area contributed by atoms with Gasteiger partial charge in [0, 0.05) is 42.9 Å². The molecule has 1 aromatic heterocycles. The van der Waals surface area contributed by atoms with Gasteiger partial charge < -0.3 is 15.2 Å². The monoisotopic (exact) mass is 309 g/mol. The average Bonchev–Trinajstić information content (AvgIpc) is 2.88. The Morgan fingerprint density at radius 1 is 1.52 bits per heavy atom. The number of nitrogens with one attached hydrogen (secondary N) is 1. The Kier molecular flexibility index (Phi) is 4.33. The zero-order valence-electron chi connectivity index (χ0n) is 12.5. The van der Waals surface area contributed by atoms with E-state index < -0.39 is 5.60 Å². The lowest BCUT2D eigenvalue weighted by Gasteiger charge is -2.32. The van der Waals surface area contributed by atoms with Crippen molar-refractivity contribution in [2.75, 3.05) is 19.8 Å². The fourth-order valence-electron chi connectivity index (χ4n) is 3.14. The number of thiophene rings is 1. The summed E-state index contributed by atoms with van der Waals surface area (Å²) in [5.41, 5.74) is 1.24. The Hall–Kier alpha value is -0.910. The summed E-state index contributed by atoms with van der Waals surface area (Å²) in [6.07, 6.45) is 4.43. The number of fused-ring (bicyclic) bond motifs is 1. The Bertz CT molecular complexity index is 520. The molecule has 2 aliphatic rings. The molecule has 1 amide bonds. The van der Waals surface area contributed by atoms with E-state index in [9.17, 15) is 9.90 Å². The van der Waals surface area contributed by atoms with E-state index in [0.717, 1.165) is 30.7 Å². The van der Waals surface area contributed by atoms with E-state index in [2.05, 4.69) is 12.2 Å². The summed E-state index contributed by atoms with van der Waals surface area (Å²) < 4.78 is 5.26. The van der Waals surface area contributed by atoms with Crippen molar-refractivity contribution >= 4 is 17.2 Å². The summed E-state index contributed by atoms with van der Waals surface area (Å²) in [6.45, 7) is 3.72. The van der Waals surface area contributed by atoms with Crippen LogP contribution in [-0.4, -0.2) is 36.4 Å². The highest BCUT2D eigenvalue weighted by Crippen LogP contribution is 2.32. The zero-order chi connectivity index (χ0) is 14.9. The van der Waals surface area contributed by atoms with Gasteiger partial charge in [0.2, 0.25) is 0 Å². The molecule has 1 aliphatic heterocycles. The summed E-state index contributed by atoms with van der Waals surface area (Å²) in [5, 5.41) is 15.3. The van der Waals surface area contributed by atoms with E-state index in [1.165, 1.54) is 10.4 Å². The topological polar surface area (TPSA) is 58.6 Å². The van der Waals surface area contributed by atoms with Gasteiger partial charge >= 0.3 is 0 Å². The van der Waals surface area contributed by atoms with Crippen molar-refractivity contribution in [3.8, 4) is 0 Å². The van der Waals surface area contributed by atoms with Crippen LogP contribution in [0.2, 0.25) is 0 Å². The van der Waals surface area contributed by atoms with Crippen molar-refractivity contribution in [2.24, 2.45) is 5.92 Å². The third kappa shape index (κ3) is 3.30. The van der Waals surface area contributed by atoms with E-state index in [0.29, 0.717) is 32.6 Å². The number of amides is 1. The van der Waals surface area contributed by atoms with E-state index in [-0.39, 0.29) is 5.91 Å². The lowest BCUT2D eigenvalue weighted by atomic mass is 9.88. The van der Waals surface area contributed by atoms with Gasteiger partial charge in [-0.15, -0.1) is 11.3 Å². The molecule has 1 saturated heterocycles. The van der Waals surface area contributed by atoms with Crippen molar-refractivity contribution in [3.63, 3.8) is 0 Å². The van der Waals surface area contributed by atoms with Gasteiger partial charge in [-0.05, 0) is 30.7 Å². The van der Waals surface area contributed by atoms with Gasteiger partial charge in [0.1, 0.15) is 0 Å². The second kappa shape index (κ2) is 6.07. The van der Waals surface area contributed by atoms with Crippen LogP contribution in [0.4, 0.5) is 0 Å². The van der Waals surface area contributed by atoms with Crippen LogP contribution < -0.4 is 5.32 Å². The maximum atomic E-state index is 12.4. The molecule has 1 fully saturated rings. The van der Waals surface area contributed by atoms with Crippen LogP contribution in [0.1, 0.15) is 47.0 Å². The fraction of sp³-hybridized carbons (Fsp3) is 0.688. The number of hydrogen-bond acceptors (Lipinski definition) is 4. The van der Waals surface area contributed by atoms with Crippen LogP contribution in [0.3, 0.4) is 0 Å². The van der Waals surface area contributed by atoms with Gasteiger partial charge in [0.15, 0.2) is 0 Å². The van der Waals surface area contributed by atoms with E-state index in [1.54, 1.807) is 11.3 Å². The van der Waals surface area contributed by atoms with Crippen molar-refractivity contribution in [3.05, 3.63) is 21.4 Å². The van der Waals surface area contributed by atoms with Crippen LogP contribution in [-0.2, 0) is 17.6 Å². The minimum atomic E-state index is -0.807. The quantitative estimate of drug-likeness (QED) is 0.899. The standard InChI is InChI=1S/C16H23NO3S/c1-11-2-3-12-13(9-21-14(12)8-11)15(18)17-10-16(19)4-6-20-7-5-16/h9,11,19H,2-8,10H2,1H3,(H,17,18). The molecule has 1 atom stereocenters. The van der Waals surface area contributed by atoms with Crippen molar-refractivity contribution in [1.82, 2.24) is 5.32 Å². The van der Waals surface area contributed by atoms with Crippen molar-refractivity contribution in [1.29, 1.82) is 0 Å². The Balaban J connectivity index is 1.63. The molecule has 0 spiro atoms. The number of carbonyl (C=O) groups excluding carboxylic acids is 1. The van der Waals surface area contributed by atoms with Gasteiger partial charge in [-0.1, -0.05) is 6.92 Å². The van der Waals surface area contributed by atoms with Crippen molar-refractivity contribution in [2.45, 2.75) is 44.6 Å². The molecule has 3 rings (SSSR count). The first-order valence-electron chi connectivity index (χ1n) is 7.75. The van der Waals surface area contributed by atoms with Gasteiger partial charge in [0.05, 0.1) is 11.2 Å². The Morgan fingerprint density at radius 3 is 3.05 bits per heavy atom. The predicted molar refractivity (Wildman–Crippen MR) is 82.8 cm³/mol. The second-order valence-electron chi connectivity index (χ2n) is 6.42. The molecule has 0 saturated carbocycles. The normalized spacial score (nSPS) is 24.4. The summed E-state index contributed by atoms with van der Waals surface area (Å²) in [6, 6.07) is 0. The molecular formula is C16H23NO3S. The van der Waals surface area contributed by atoms with Gasteiger partial charge in [-0.25, -0.2) is 0 Å². The SMILES string of the molecule is CC1CCc2c(C(=O)NCC3(O)CCOCC3)csc2C1. The van der Waals surface area contributed by atoms with Gasteiger partial charge in [0.25, 0.3) is 5.91 Å². The highest BCUT2D eigenvalue weighted by molar-refractivity contribution is 7.10. The van der Waals surface area contributed by atoms with Crippen LogP contribution in [0, 0.1) is 5.92 Å². The maximum absolute atomic E-state index is 12.4. The van der Waals surface area contributed by atoms with Crippen LogP contribution in [0.5, 0.6) is 0 Å². The minimum Gasteiger partial charge on any atom is -0.388 e. The first-order chi connectivity index (χ1) is 10.1. The Morgan fingerprint density at radius 2 is 2.29 bits per heavy atom. The lowest BCUT2D eigenvalue weighted by Crippen LogP contribution is -2.46. The van der Waals surface area contributed by atoms with Crippen molar-refractivity contribution < 1.29 is 14.6 Å². The summed E-state index contributed by atoms with van der Waals surface area (Å²) in [5.74, 6) is 0.678. The van der Waals surface area contributed by atoms with Crippen LogP contribution >= 0.6 is 11.3 Å². The minimum absolute atomic E-state index is 0.0398. The molecule has 0 radical (unpaired) electrons. The van der Waals surface area contributed by atoms with E-state index >= 15 is 0 Å². The average molecular weight is 309 g/mol. The number of aliphatic hydroxyl groups is 1. The molecule has 116 valence electrons. The molecule has 2 heterocycles. The molecule has 2 N–H and O–H groups in total. The molecule has 5 heteroatoms. The smallest absolute Gasteiger partial charge is 0.252 e. The lowest BCUT2D eigenvalue weighted by molar-refractivity contribution is -0.0605. The number of hydrogen-bond donors (Lipinski definition) is 2. The highest BCUT2D eigenvalue weighted by Gasteiger charge is 2.31. The third-order valence-electron chi connectivity index (χ3n) is 4.65. The first-order valence-corrected chi connectivity index (χ1v) is 8.63.